The first-order valence-electron chi connectivity index (χ1n) is 13.5. The highest BCUT2D eigenvalue weighted by atomic mass is 16.5. The van der Waals surface area contributed by atoms with Crippen LogP contribution in [0.4, 0.5) is 0 Å². The summed E-state index contributed by atoms with van der Waals surface area (Å²) in [5.41, 5.74) is 3.40. The second-order valence-corrected chi connectivity index (χ2v) is 12.0. The summed E-state index contributed by atoms with van der Waals surface area (Å²) in [6.07, 6.45) is 17.6. The molecule has 5 fully saturated rings. The highest BCUT2D eigenvalue weighted by molar-refractivity contribution is 5.94. The molecule has 1 N–H and O–H groups in total. The van der Waals surface area contributed by atoms with Crippen molar-refractivity contribution < 1.29 is 9.53 Å². The van der Waals surface area contributed by atoms with Gasteiger partial charge in [-0.3, -0.25) is 9.48 Å². The molecule has 0 aromatic carbocycles. The van der Waals surface area contributed by atoms with Crippen LogP contribution in [0, 0.1) is 23.2 Å². The van der Waals surface area contributed by atoms with E-state index in [0.29, 0.717) is 17.2 Å². The van der Waals surface area contributed by atoms with Gasteiger partial charge in [-0.1, -0.05) is 19.3 Å². The molecule has 6 aliphatic carbocycles. The fraction of sp³-hybridized carbons (Fsp3) is 0.852. The van der Waals surface area contributed by atoms with Crippen LogP contribution in [0.1, 0.15) is 124 Å². The van der Waals surface area contributed by atoms with Crippen molar-refractivity contribution in [2.75, 3.05) is 7.11 Å². The molecule has 1 aromatic heterocycles. The van der Waals surface area contributed by atoms with Crippen molar-refractivity contribution in [3.63, 3.8) is 0 Å². The topological polar surface area (TPSA) is 56.1 Å². The van der Waals surface area contributed by atoms with Crippen molar-refractivity contribution in [1.29, 1.82) is 0 Å². The highest BCUT2D eigenvalue weighted by Gasteiger charge is 2.53. The highest BCUT2D eigenvalue weighted by Crippen LogP contribution is 2.61. The van der Waals surface area contributed by atoms with Gasteiger partial charge in [0.05, 0.1) is 17.8 Å². The number of hydrogen-bond donors (Lipinski definition) is 1. The summed E-state index contributed by atoms with van der Waals surface area (Å²) in [6.45, 7) is 2.29. The summed E-state index contributed by atoms with van der Waals surface area (Å²) in [5, 5.41) is 8.53. The molecule has 7 rings (SSSR count). The number of nitrogens with zero attached hydrogens (tertiary/aromatic N) is 2. The summed E-state index contributed by atoms with van der Waals surface area (Å²) >= 11 is 0. The average Bonchev–Trinajstić information content (AvgIpc) is 3.19. The monoisotopic (exact) mass is 439 g/mol. The predicted molar refractivity (Wildman–Crippen MR) is 125 cm³/mol. The van der Waals surface area contributed by atoms with Gasteiger partial charge in [0.2, 0.25) is 0 Å². The maximum absolute atomic E-state index is 13.7. The van der Waals surface area contributed by atoms with E-state index in [9.17, 15) is 4.79 Å². The van der Waals surface area contributed by atoms with Crippen molar-refractivity contribution in [2.45, 2.75) is 115 Å². The van der Waals surface area contributed by atoms with E-state index in [2.05, 4.69) is 16.9 Å². The van der Waals surface area contributed by atoms with Crippen LogP contribution >= 0.6 is 0 Å². The second-order valence-electron chi connectivity index (χ2n) is 12.0. The Morgan fingerprint density at radius 1 is 1.03 bits per heavy atom. The molecule has 5 saturated carbocycles. The lowest BCUT2D eigenvalue weighted by Gasteiger charge is -2.59. The van der Waals surface area contributed by atoms with Crippen LogP contribution in [0.5, 0.6) is 0 Å². The van der Waals surface area contributed by atoms with Crippen LogP contribution in [-0.4, -0.2) is 28.8 Å². The van der Waals surface area contributed by atoms with Gasteiger partial charge in [0.25, 0.3) is 5.91 Å². The molecule has 5 heteroatoms. The van der Waals surface area contributed by atoms with Crippen molar-refractivity contribution in [3.05, 3.63) is 17.0 Å². The summed E-state index contributed by atoms with van der Waals surface area (Å²) in [6, 6.07) is 0.663. The Morgan fingerprint density at radius 2 is 1.69 bits per heavy atom. The number of rotatable bonds is 5. The zero-order chi connectivity index (χ0) is 21.9. The fourth-order valence-electron chi connectivity index (χ4n) is 8.81. The van der Waals surface area contributed by atoms with Crippen molar-refractivity contribution in [1.82, 2.24) is 15.1 Å². The molecule has 4 bridgehead atoms. The van der Waals surface area contributed by atoms with Gasteiger partial charge in [-0.2, -0.15) is 5.10 Å². The molecule has 1 heterocycles. The molecule has 5 nitrogen and oxygen atoms in total. The van der Waals surface area contributed by atoms with E-state index in [1.807, 2.05) is 7.11 Å². The van der Waals surface area contributed by atoms with Crippen LogP contribution < -0.4 is 5.32 Å². The van der Waals surface area contributed by atoms with E-state index in [4.69, 9.17) is 9.84 Å². The Labute approximate surface area is 193 Å². The van der Waals surface area contributed by atoms with Gasteiger partial charge in [0.1, 0.15) is 0 Å². The Kier molecular flexibility index (Phi) is 5.39. The van der Waals surface area contributed by atoms with Crippen molar-refractivity contribution >= 4 is 5.91 Å². The lowest BCUT2D eigenvalue weighted by atomic mass is 9.48. The number of fused-ring (bicyclic) bond motifs is 1. The molecule has 1 amide bonds. The van der Waals surface area contributed by atoms with Crippen LogP contribution in [-0.2, 0) is 11.2 Å². The predicted octanol–water partition coefficient (Wildman–Crippen LogP) is 5.75. The van der Waals surface area contributed by atoms with Crippen LogP contribution in [0.3, 0.4) is 0 Å². The standard InChI is InChI=1S/C27H41N3O2/c1-17(27-14-18-11-19(15-27)13-20(12-18)16-27)28-26(31)24-22-9-6-10-23(32-2)25(22)30(29-24)21-7-4-3-5-8-21/h17-21,23H,3-16H2,1-2H3,(H,28,31). The van der Waals surface area contributed by atoms with E-state index in [0.717, 1.165) is 37.0 Å². The summed E-state index contributed by atoms with van der Waals surface area (Å²) in [7, 11) is 1.81. The number of ether oxygens (including phenoxy) is 1. The average molecular weight is 440 g/mol. The maximum Gasteiger partial charge on any atom is 0.272 e. The molecule has 0 radical (unpaired) electrons. The van der Waals surface area contributed by atoms with Crippen molar-refractivity contribution in [3.8, 4) is 0 Å². The SMILES string of the molecule is COC1CCCc2c(C(=O)NC(C)C34CC5CC(CC(C5)C3)C4)nn(C3CCCCC3)c21. The molecule has 32 heavy (non-hydrogen) atoms. The maximum atomic E-state index is 13.7. The van der Waals surface area contributed by atoms with Gasteiger partial charge < -0.3 is 10.1 Å². The van der Waals surface area contributed by atoms with Gasteiger partial charge in [0.15, 0.2) is 5.69 Å². The fourth-order valence-corrected chi connectivity index (χ4v) is 8.81. The molecule has 0 aliphatic heterocycles. The van der Waals surface area contributed by atoms with Gasteiger partial charge in [-0.15, -0.1) is 0 Å². The minimum atomic E-state index is 0.0656. The lowest BCUT2D eigenvalue weighted by molar-refractivity contribution is -0.0688. The van der Waals surface area contributed by atoms with Crippen molar-refractivity contribution in [2.24, 2.45) is 23.2 Å². The van der Waals surface area contributed by atoms with Gasteiger partial charge in [-0.05, 0) is 101 Å². The number of carbonyl (C=O) groups is 1. The largest absolute Gasteiger partial charge is 0.375 e. The number of amides is 1. The molecule has 2 atom stereocenters. The smallest absolute Gasteiger partial charge is 0.272 e. The van der Waals surface area contributed by atoms with Crippen LogP contribution in [0.15, 0.2) is 0 Å². The van der Waals surface area contributed by atoms with Gasteiger partial charge >= 0.3 is 0 Å². The quantitative estimate of drug-likeness (QED) is 0.636. The Balaban J connectivity index is 1.27. The number of hydrogen-bond acceptors (Lipinski definition) is 3. The zero-order valence-electron chi connectivity index (χ0n) is 20.1. The second kappa shape index (κ2) is 8.14. The molecule has 0 saturated heterocycles. The minimum Gasteiger partial charge on any atom is -0.375 e. The molecular weight excluding hydrogens is 398 g/mol. The number of methoxy groups -OCH3 is 1. The molecule has 1 aromatic rings. The third-order valence-corrected chi connectivity index (χ3v) is 10.0. The third-order valence-electron chi connectivity index (χ3n) is 10.0. The Bertz CT molecular complexity index is 833. The van der Waals surface area contributed by atoms with E-state index in [1.165, 1.54) is 81.9 Å². The molecule has 2 unspecified atom stereocenters. The zero-order valence-corrected chi connectivity index (χ0v) is 20.1. The molecule has 6 aliphatic rings. The van der Waals surface area contributed by atoms with E-state index < -0.39 is 0 Å². The minimum absolute atomic E-state index is 0.0656. The van der Waals surface area contributed by atoms with E-state index >= 15 is 0 Å². The number of nitrogens with one attached hydrogen (secondary N) is 1. The Morgan fingerprint density at radius 3 is 2.31 bits per heavy atom. The summed E-state index contributed by atoms with van der Waals surface area (Å²) in [5.74, 6) is 2.78. The normalized spacial score (nSPS) is 37.3. The van der Waals surface area contributed by atoms with Gasteiger partial charge in [-0.25, -0.2) is 0 Å². The number of aromatic nitrogens is 2. The summed E-state index contributed by atoms with van der Waals surface area (Å²) in [4.78, 5) is 13.7. The van der Waals surface area contributed by atoms with E-state index in [1.54, 1.807) is 0 Å². The van der Waals surface area contributed by atoms with Gasteiger partial charge in [0, 0.05) is 18.7 Å². The first kappa shape index (κ1) is 21.2. The number of carbonyl (C=O) groups excluding carboxylic acids is 1. The lowest BCUT2D eigenvalue weighted by Crippen LogP contribution is -2.55. The Hall–Kier alpha value is -1.36. The summed E-state index contributed by atoms with van der Waals surface area (Å²) < 4.78 is 8.12. The van der Waals surface area contributed by atoms with Crippen LogP contribution in [0.2, 0.25) is 0 Å². The first-order valence-corrected chi connectivity index (χ1v) is 13.5. The van der Waals surface area contributed by atoms with Crippen LogP contribution in [0.25, 0.3) is 0 Å². The molecule has 0 spiro atoms. The molecule has 176 valence electrons. The van der Waals surface area contributed by atoms with E-state index in [-0.39, 0.29) is 18.1 Å². The molecular formula is C27H41N3O2. The third kappa shape index (κ3) is 3.45. The first-order chi connectivity index (χ1) is 15.6.